The van der Waals surface area contributed by atoms with E-state index in [0.717, 1.165) is 47.8 Å². The van der Waals surface area contributed by atoms with Crippen LogP contribution in [0.2, 0.25) is 0 Å². The predicted octanol–water partition coefficient (Wildman–Crippen LogP) is 4.01. The molecule has 1 heterocycles. The number of aromatic carboxylic acids is 1. The van der Waals surface area contributed by atoms with Crippen molar-refractivity contribution in [3.63, 3.8) is 0 Å². The number of carboxylic acids is 1. The maximum absolute atomic E-state index is 11.5. The minimum Gasteiger partial charge on any atom is -0.478 e. The summed E-state index contributed by atoms with van der Waals surface area (Å²) in [6.45, 7) is 7.13. The molecule has 0 saturated carbocycles. The minimum absolute atomic E-state index is 0.429. The molecule has 102 valence electrons. The highest BCUT2D eigenvalue weighted by molar-refractivity contribution is 6.03. The van der Waals surface area contributed by atoms with Crippen molar-refractivity contribution in [3.8, 4) is 0 Å². The van der Waals surface area contributed by atoms with Crippen LogP contribution in [-0.2, 0) is 13.0 Å². The van der Waals surface area contributed by atoms with Gasteiger partial charge in [-0.05, 0) is 43.0 Å². The zero-order valence-electron chi connectivity index (χ0n) is 11.9. The lowest BCUT2D eigenvalue weighted by Gasteiger charge is -2.08. The minimum atomic E-state index is -0.837. The molecule has 2 aromatic rings. The van der Waals surface area contributed by atoms with E-state index in [1.165, 1.54) is 0 Å². The van der Waals surface area contributed by atoms with Gasteiger partial charge in [-0.1, -0.05) is 20.3 Å². The number of hydrogen-bond acceptors (Lipinski definition) is 1. The Morgan fingerprint density at radius 3 is 2.63 bits per heavy atom. The summed E-state index contributed by atoms with van der Waals surface area (Å²) in [5.41, 5.74) is 3.54. The summed E-state index contributed by atoms with van der Waals surface area (Å²) in [5, 5.41) is 10.5. The molecule has 0 aliphatic carbocycles. The van der Waals surface area contributed by atoms with E-state index in [1.54, 1.807) is 0 Å². The third kappa shape index (κ3) is 2.50. The predicted molar refractivity (Wildman–Crippen MR) is 77.9 cm³/mol. The van der Waals surface area contributed by atoms with Crippen LogP contribution in [-0.4, -0.2) is 15.6 Å². The van der Waals surface area contributed by atoms with Crippen molar-refractivity contribution < 1.29 is 9.90 Å². The monoisotopic (exact) mass is 259 g/mol. The topological polar surface area (TPSA) is 42.2 Å². The number of fused-ring (bicyclic) bond motifs is 1. The Kier molecular flexibility index (Phi) is 3.93. The van der Waals surface area contributed by atoms with Crippen LogP contribution in [0, 0.1) is 6.92 Å². The maximum Gasteiger partial charge on any atom is 0.337 e. The fourth-order valence-electron chi connectivity index (χ4n) is 2.54. The quantitative estimate of drug-likeness (QED) is 0.881. The molecule has 0 bridgehead atoms. The molecule has 3 heteroatoms. The number of carbonyl (C=O) groups is 1. The number of rotatable bonds is 5. The van der Waals surface area contributed by atoms with E-state index in [2.05, 4.69) is 37.6 Å². The van der Waals surface area contributed by atoms with Gasteiger partial charge < -0.3 is 9.67 Å². The van der Waals surface area contributed by atoms with Crippen molar-refractivity contribution in [1.82, 2.24) is 4.57 Å². The Morgan fingerprint density at radius 1 is 1.32 bits per heavy atom. The molecule has 1 aromatic heterocycles. The lowest BCUT2D eigenvalue weighted by Crippen LogP contribution is -2.04. The van der Waals surface area contributed by atoms with E-state index in [0.29, 0.717) is 5.56 Å². The van der Waals surface area contributed by atoms with Crippen LogP contribution in [0.3, 0.4) is 0 Å². The molecule has 0 unspecified atom stereocenters. The van der Waals surface area contributed by atoms with Gasteiger partial charge in [-0.25, -0.2) is 4.79 Å². The van der Waals surface area contributed by atoms with Crippen LogP contribution < -0.4 is 0 Å². The molecule has 1 N–H and O–H groups in total. The van der Waals surface area contributed by atoms with Gasteiger partial charge in [-0.3, -0.25) is 0 Å². The zero-order valence-corrected chi connectivity index (χ0v) is 11.9. The lowest BCUT2D eigenvalue weighted by molar-refractivity contribution is 0.0698. The third-order valence-corrected chi connectivity index (χ3v) is 3.62. The Balaban J connectivity index is 2.69. The van der Waals surface area contributed by atoms with Crippen molar-refractivity contribution in [2.75, 3.05) is 0 Å². The number of unbranched alkanes of at least 4 members (excludes halogenated alkanes) is 1. The van der Waals surface area contributed by atoms with Gasteiger partial charge in [0.25, 0.3) is 0 Å². The summed E-state index contributed by atoms with van der Waals surface area (Å²) in [4.78, 5) is 11.5. The summed E-state index contributed by atoms with van der Waals surface area (Å²) < 4.78 is 2.09. The maximum atomic E-state index is 11.5. The normalized spacial score (nSPS) is 11.1. The van der Waals surface area contributed by atoms with Crippen LogP contribution in [0.1, 0.15) is 48.2 Å². The van der Waals surface area contributed by atoms with Crippen molar-refractivity contribution in [2.24, 2.45) is 0 Å². The summed E-state index contributed by atoms with van der Waals surface area (Å²) >= 11 is 0. The smallest absolute Gasteiger partial charge is 0.337 e. The van der Waals surface area contributed by atoms with Gasteiger partial charge in [-0.15, -0.1) is 0 Å². The molecular formula is C16H21NO2. The fraction of sp³-hybridized carbons (Fsp3) is 0.438. The molecular weight excluding hydrogens is 238 g/mol. The van der Waals surface area contributed by atoms with Gasteiger partial charge in [0.05, 0.1) is 11.1 Å². The van der Waals surface area contributed by atoms with Gasteiger partial charge in [0.15, 0.2) is 0 Å². The first kappa shape index (κ1) is 13.7. The Bertz CT molecular complexity index is 611. The van der Waals surface area contributed by atoms with Crippen LogP contribution in [0.4, 0.5) is 0 Å². The summed E-state index contributed by atoms with van der Waals surface area (Å²) in [6, 6.07) is 3.94. The molecule has 0 saturated heterocycles. The molecule has 0 radical (unpaired) electrons. The van der Waals surface area contributed by atoms with Crippen LogP contribution in [0.25, 0.3) is 10.9 Å². The van der Waals surface area contributed by atoms with E-state index in [-0.39, 0.29) is 0 Å². The molecule has 0 amide bonds. The van der Waals surface area contributed by atoms with Gasteiger partial charge in [0.2, 0.25) is 0 Å². The molecule has 0 aliphatic heterocycles. The van der Waals surface area contributed by atoms with Crippen molar-refractivity contribution in [1.29, 1.82) is 0 Å². The molecule has 2 rings (SSSR count). The van der Waals surface area contributed by atoms with Crippen molar-refractivity contribution >= 4 is 16.9 Å². The second-order valence-corrected chi connectivity index (χ2v) is 5.06. The van der Waals surface area contributed by atoms with Crippen LogP contribution >= 0.6 is 0 Å². The highest BCUT2D eigenvalue weighted by Gasteiger charge is 2.16. The van der Waals surface area contributed by atoms with Crippen molar-refractivity contribution in [2.45, 2.75) is 46.6 Å². The highest BCUT2D eigenvalue weighted by Crippen LogP contribution is 2.27. The van der Waals surface area contributed by atoms with Crippen LogP contribution in [0.5, 0.6) is 0 Å². The standard InChI is InChI=1S/C16H21NO2/c1-4-6-7-17-10-11(3)13-8-12(5-2)9-14(15(13)17)16(18)19/h8-10H,4-7H2,1-3H3,(H,18,19). The molecule has 0 atom stereocenters. The number of hydrogen-bond donors (Lipinski definition) is 1. The van der Waals surface area contributed by atoms with Crippen LogP contribution in [0.15, 0.2) is 18.3 Å². The molecule has 1 aromatic carbocycles. The number of aryl methyl sites for hydroxylation is 3. The van der Waals surface area contributed by atoms with E-state index < -0.39 is 5.97 Å². The number of nitrogens with zero attached hydrogens (tertiary/aromatic N) is 1. The third-order valence-electron chi connectivity index (χ3n) is 3.62. The van der Waals surface area contributed by atoms with E-state index >= 15 is 0 Å². The molecule has 0 spiro atoms. The average molecular weight is 259 g/mol. The second kappa shape index (κ2) is 5.47. The van der Waals surface area contributed by atoms with Gasteiger partial charge in [0.1, 0.15) is 0 Å². The number of aromatic nitrogens is 1. The molecule has 3 nitrogen and oxygen atoms in total. The van der Waals surface area contributed by atoms with Gasteiger partial charge in [0, 0.05) is 18.1 Å². The summed E-state index contributed by atoms with van der Waals surface area (Å²) in [7, 11) is 0. The SMILES string of the molecule is CCCCn1cc(C)c2cc(CC)cc(C(=O)O)c21. The zero-order chi connectivity index (χ0) is 14.0. The van der Waals surface area contributed by atoms with Gasteiger partial charge in [-0.2, -0.15) is 0 Å². The number of carboxylic acid groups (broad SMARTS) is 1. The summed E-state index contributed by atoms with van der Waals surface area (Å²) in [5.74, 6) is -0.837. The number of benzene rings is 1. The average Bonchev–Trinajstić information content (AvgIpc) is 2.72. The Labute approximate surface area is 113 Å². The molecule has 19 heavy (non-hydrogen) atoms. The summed E-state index contributed by atoms with van der Waals surface area (Å²) in [6.07, 6.45) is 5.11. The fourth-order valence-corrected chi connectivity index (χ4v) is 2.54. The second-order valence-electron chi connectivity index (χ2n) is 5.06. The largest absolute Gasteiger partial charge is 0.478 e. The molecule has 0 fully saturated rings. The first-order valence-corrected chi connectivity index (χ1v) is 6.94. The Hall–Kier alpha value is -1.77. The van der Waals surface area contributed by atoms with E-state index in [9.17, 15) is 9.90 Å². The van der Waals surface area contributed by atoms with E-state index in [4.69, 9.17) is 0 Å². The Morgan fingerprint density at radius 2 is 2.05 bits per heavy atom. The van der Waals surface area contributed by atoms with E-state index in [1.807, 2.05) is 6.07 Å². The van der Waals surface area contributed by atoms with Gasteiger partial charge >= 0.3 is 5.97 Å². The van der Waals surface area contributed by atoms with Crippen molar-refractivity contribution in [3.05, 3.63) is 35.0 Å². The first-order chi connectivity index (χ1) is 9.08. The molecule has 0 aliphatic rings. The lowest BCUT2D eigenvalue weighted by atomic mass is 10.0. The highest BCUT2D eigenvalue weighted by atomic mass is 16.4. The first-order valence-electron chi connectivity index (χ1n) is 6.94.